The van der Waals surface area contributed by atoms with Gasteiger partial charge in [-0.3, -0.25) is 9.59 Å². The van der Waals surface area contributed by atoms with Gasteiger partial charge in [0.2, 0.25) is 5.91 Å². The van der Waals surface area contributed by atoms with Crippen molar-refractivity contribution >= 4 is 17.5 Å². The van der Waals surface area contributed by atoms with E-state index in [-0.39, 0.29) is 11.8 Å². The average molecular weight is 325 g/mol. The molecule has 126 valence electrons. The third kappa shape index (κ3) is 6.12. The first-order valence-corrected chi connectivity index (χ1v) is 8.09. The molecule has 5 heteroatoms. The molecule has 2 rings (SSSR count). The molecule has 24 heavy (non-hydrogen) atoms. The summed E-state index contributed by atoms with van der Waals surface area (Å²) < 4.78 is 0. The average Bonchev–Trinajstić information content (AvgIpc) is 2.61. The van der Waals surface area contributed by atoms with E-state index in [0.717, 1.165) is 17.7 Å². The van der Waals surface area contributed by atoms with Crippen molar-refractivity contribution in [1.29, 1.82) is 0 Å². The van der Waals surface area contributed by atoms with Crippen molar-refractivity contribution in [1.82, 2.24) is 10.6 Å². The van der Waals surface area contributed by atoms with Crippen molar-refractivity contribution in [3.63, 3.8) is 0 Å². The highest BCUT2D eigenvalue weighted by atomic mass is 16.2. The first-order valence-electron chi connectivity index (χ1n) is 8.09. The Bertz CT molecular complexity index is 654. The number of benzene rings is 2. The second-order valence-electron chi connectivity index (χ2n) is 5.57. The largest absolute Gasteiger partial charge is 0.399 e. The van der Waals surface area contributed by atoms with Crippen molar-refractivity contribution in [2.45, 2.75) is 19.3 Å². The SMILES string of the molecule is Nc1ccc(CCNC(=O)CCCNC(=O)c2ccccc2)cc1. The Kier molecular flexibility index (Phi) is 6.83. The Morgan fingerprint density at radius 1 is 0.875 bits per heavy atom. The molecule has 2 aromatic carbocycles. The van der Waals surface area contributed by atoms with E-state index in [1.165, 1.54) is 0 Å². The van der Waals surface area contributed by atoms with E-state index in [1.54, 1.807) is 12.1 Å². The lowest BCUT2D eigenvalue weighted by molar-refractivity contribution is -0.121. The van der Waals surface area contributed by atoms with Crippen molar-refractivity contribution < 1.29 is 9.59 Å². The monoisotopic (exact) mass is 325 g/mol. The summed E-state index contributed by atoms with van der Waals surface area (Å²) in [6, 6.07) is 16.7. The van der Waals surface area contributed by atoms with E-state index in [2.05, 4.69) is 10.6 Å². The number of hydrogen-bond donors (Lipinski definition) is 3. The zero-order valence-electron chi connectivity index (χ0n) is 13.6. The first kappa shape index (κ1) is 17.5. The summed E-state index contributed by atoms with van der Waals surface area (Å²) in [4.78, 5) is 23.6. The minimum absolute atomic E-state index is 0.000551. The molecule has 0 fully saturated rings. The molecule has 0 aliphatic rings. The highest BCUT2D eigenvalue weighted by molar-refractivity contribution is 5.94. The van der Waals surface area contributed by atoms with Crippen molar-refractivity contribution in [3.8, 4) is 0 Å². The van der Waals surface area contributed by atoms with Crippen LogP contribution in [0.25, 0.3) is 0 Å². The third-order valence-electron chi connectivity index (χ3n) is 3.62. The number of carbonyl (C=O) groups is 2. The number of amides is 2. The molecule has 0 aliphatic carbocycles. The molecule has 0 bridgehead atoms. The van der Waals surface area contributed by atoms with E-state index in [1.807, 2.05) is 42.5 Å². The van der Waals surface area contributed by atoms with Gasteiger partial charge in [0.15, 0.2) is 0 Å². The fourth-order valence-electron chi connectivity index (χ4n) is 2.26. The Hall–Kier alpha value is -2.82. The van der Waals surface area contributed by atoms with Crippen LogP contribution in [0.2, 0.25) is 0 Å². The van der Waals surface area contributed by atoms with Gasteiger partial charge < -0.3 is 16.4 Å². The van der Waals surface area contributed by atoms with E-state index in [4.69, 9.17) is 5.73 Å². The number of anilines is 1. The predicted octanol–water partition coefficient (Wildman–Crippen LogP) is 2.14. The Morgan fingerprint density at radius 2 is 1.58 bits per heavy atom. The van der Waals surface area contributed by atoms with Gasteiger partial charge in [-0.2, -0.15) is 0 Å². The van der Waals surface area contributed by atoms with E-state index in [9.17, 15) is 9.59 Å². The molecular formula is C19H23N3O2. The summed E-state index contributed by atoms with van der Waals surface area (Å²) in [7, 11) is 0. The molecule has 2 aromatic rings. The van der Waals surface area contributed by atoms with Crippen LogP contribution < -0.4 is 16.4 Å². The number of nitrogen functional groups attached to an aromatic ring is 1. The molecule has 0 saturated carbocycles. The van der Waals surface area contributed by atoms with Crippen LogP contribution in [0.1, 0.15) is 28.8 Å². The predicted molar refractivity (Wildman–Crippen MR) is 95.6 cm³/mol. The van der Waals surface area contributed by atoms with Gasteiger partial charge in [-0.05, 0) is 42.7 Å². The van der Waals surface area contributed by atoms with Crippen LogP contribution in [0.15, 0.2) is 54.6 Å². The zero-order valence-corrected chi connectivity index (χ0v) is 13.6. The molecule has 0 atom stereocenters. The van der Waals surface area contributed by atoms with Gasteiger partial charge in [0.1, 0.15) is 0 Å². The van der Waals surface area contributed by atoms with Crippen LogP contribution in [0, 0.1) is 0 Å². The van der Waals surface area contributed by atoms with Crippen LogP contribution in [-0.2, 0) is 11.2 Å². The lowest BCUT2D eigenvalue weighted by atomic mass is 10.1. The molecule has 0 aliphatic heterocycles. The Morgan fingerprint density at radius 3 is 2.29 bits per heavy atom. The summed E-state index contributed by atoms with van der Waals surface area (Å²) in [5.41, 5.74) is 8.14. The summed E-state index contributed by atoms with van der Waals surface area (Å²) in [6.07, 6.45) is 1.79. The van der Waals surface area contributed by atoms with Crippen LogP contribution in [0.4, 0.5) is 5.69 Å². The molecule has 0 radical (unpaired) electrons. The van der Waals surface area contributed by atoms with Crippen LogP contribution in [0.3, 0.4) is 0 Å². The Balaban J connectivity index is 1.56. The molecule has 0 spiro atoms. The van der Waals surface area contributed by atoms with Crippen molar-refractivity contribution in [2.75, 3.05) is 18.8 Å². The van der Waals surface area contributed by atoms with Crippen LogP contribution in [-0.4, -0.2) is 24.9 Å². The van der Waals surface area contributed by atoms with E-state index < -0.39 is 0 Å². The molecular weight excluding hydrogens is 302 g/mol. The van der Waals surface area contributed by atoms with Crippen LogP contribution >= 0.6 is 0 Å². The minimum atomic E-state index is -0.112. The van der Waals surface area contributed by atoms with Gasteiger partial charge in [0.25, 0.3) is 5.91 Å². The zero-order chi connectivity index (χ0) is 17.2. The fraction of sp³-hybridized carbons (Fsp3) is 0.263. The maximum absolute atomic E-state index is 11.8. The highest BCUT2D eigenvalue weighted by Gasteiger charge is 2.05. The number of rotatable bonds is 8. The van der Waals surface area contributed by atoms with Crippen molar-refractivity contribution in [2.24, 2.45) is 0 Å². The highest BCUT2D eigenvalue weighted by Crippen LogP contribution is 2.05. The summed E-state index contributed by atoms with van der Waals surface area (Å²) in [5, 5.41) is 5.69. The van der Waals surface area contributed by atoms with Gasteiger partial charge >= 0.3 is 0 Å². The maximum Gasteiger partial charge on any atom is 0.251 e. The molecule has 0 unspecified atom stereocenters. The van der Waals surface area contributed by atoms with Gasteiger partial charge in [0.05, 0.1) is 0 Å². The standard InChI is InChI=1S/C19H23N3O2/c20-17-10-8-15(9-11-17)12-14-21-18(23)7-4-13-22-19(24)16-5-2-1-3-6-16/h1-3,5-6,8-11H,4,7,12-14,20H2,(H,21,23)(H,22,24). The molecule has 2 amide bonds. The molecule has 0 saturated heterocycles. The molecule has 4 N–H and O–H groups in total. The lowest BCUT2D eigenvalue weighted by Crippen LogP contribution is -2.28. The molecule has 5 nitrogen and oxygen atoms in total. The third-order valence-corrected chi connectivity index (χ3v) is 3.62. The normalized spacial score (nSPS) is 10.2. The van der Waals surface area contributed by atoms with Crippen LogP contribution in [0.5, 0.6) is 0 Å². The quantitative estimate of drug-likeness (QED) is 0.513. The summed E-state index contributed by atoms with van der Waals surface area (Å²) in [5.74, 6) is -0.112. The number of carbonyl (C=O) groups excluding carboxylic acids is 2. The maximum atomic E-state index is 11.8. The second-order valence-corrected chi connectivity index (χ2v) is 5.57. The minimum Gasteiger partial charge on any atom is -0.399 e. The topological polar surface area (TPSA) is 84.2 Å². The lowest BCUT2D eigenvalue weighted by Gasteiger charge is -2.07. The Labute approximate surface area is 142 Å². The summed E-state index contributed by atoms with van der Waals surface area (Å²) in [6.45, 7) is 1.08. The number of nitrogens with two attached hydrogens (primary N) is 1. The fourth-order valence-corrected chi connectivity index (χ4v) is 2.26. The number of hydrogen-bond acceptors (Lipinski definition) is 3. The van der Waals surface area contributed by atoms with E-state index in [0.29, 0.717) is 31.5 Å². The number of nitrogens with one attached hydrogen (secondary N) is 2. The molecule has 0 heterocycles. The smallest absolute Gasteiger partial charge is 0.251 e. The van der Waals surface area contributed by atoms with Gasteiger partial charge in [-0.25, -0.2) is 0 Å². The summed E-state index contributed by atoms with van der Waals surface area (Å²) >= 11 is 0. The first-order chi connectivity index (χ1) is 11.6. The van der Waals surface area contributed by atoms with E-state index >= 15 is 0 Å². The molecule has 0 aromatic heterocycles. The second kappa shape index (κ2) is 9.35. The van der Waals surface area contributed by atoms with Gasteiger partial charge in [-0.1, -0.05) is 30.3 Å². The van der Waals surface area contributed by atoms with Gasteiger partial charge in [-0.15, -0.1) is 0 Å². The van der Waals surface area contributed by atoms with Crippen molar-refractivity contribution in [3.05, 3.63) is 65.7 Å². The van der Waals surface area contributed by atoms with Gasteiger partial charge in [0, 0.05) is 30.8 Å².